The van der Waals surface area contributed by atoms with E-state index in [0.29, 0.717) is 31.6 Å². The number of hydrogen-bond donors (Lipinski definition) is 1. The van der Waals surface area contributed by atoms with Crippen molar-refractivity contribution in [3.05, 3.63) is 29.6 Å². The van der Waals surface area contributed by atoms with Crippen molar-refractivity contribution in [2.45, 2.75) is 34.2 Å². The summed E-state index contributed by atoms with van der Waals surface area (Å²) in [6, 6.07) is 4.64. The Bertz CT molecular complexity index is 408. The summed E-state index contributed by atoms with van der Waals surface area (Å²) in [5.41, 5.74) is 0.847. The van der Waals surface area contributed by atoms with Gasteiger partial charge in [0.05, 0.1) is 6.61 Å². The van der Waals surface area contributed by atoms with E-state index in [1.54, 1.807) is 6.07 Å². The van der Waals surface area contributed by atoms with Gasteiger partial charge in [0.15, 0.2) is 0 Å². The fourth-order valence-corrected chi connectivity index (χ4v) is 1.85. The second-order valence-corrected chi connectivity index (χ2v) is 6.09. The first kappa shape index (κ1) is 17.9. The molecule has 1 aromatic carbocycles. The number of rotatable bonds is 10. The highest BCUT2D eigenvalue weighted by Gasteiger charge is 2.06. The predicted octanol–water partition coefficient (Wildman–Crippen LogP) is 3.62. The van der Waals surface area contributed by atoms with Crippen LogP contribution in [0.4, 0.5) is 4.39 Å². The summed E-state index contributed by atoms with van der Waals surface area (Å²) in [5, 5.41) is 3.31. The van der Waals surface area contributed by atoms with Crippen LogP contribution in [0.15, 0.2) is 18.2 Å². The van der Waals surface area contributed by atoms with Crippen LogP contribution >= 0.6 is 0 Å². The molecule has 0 radical (unpaired) electrons. The lowest BCUT2D eigenvalue weighted by atomic mass is 10.1. The van der Waals surface area contributed by atoms with Crippen molar-refractivity contribution in [1.29, 1.82) is 0 Å². The third-order valence-electron chi connectivity index (χ3n) is 2.83. The summed E-state index contributed by atoms with van der Waals surface area (Å²) in [6.45, 7) is 11.8. The van der Waals surface area contributed by atoms with Crippen molar-refractivity contribution in [3.63, 3.8) is 0 Å². The molecule has 0 saturated heterocycles. The van der Waals surface area contributed by atoms with Crippen LogP contribution < -0.4 is 10.1 Å². The van der Waals surface area contributed by atoms with E-state index in [2.05, 4.69) is 33.0 Å². The Morgan fingerprint density at radius 1 is 1.10 bits per heavy atom. The SMILES string of the molecule is CC(C)CNCc1cc(F)ccc1OCCOCC(C)C. The van der Waals surface area contributed by atoms with Gasteiger partial charge in [0, 0.05) is 18.7 Å². The van der Waals surface area contributed by atoms with Crippen LogP contribution in [0.25, 0.3) is 0 Å². The number of benzene rings is 1. The van der Waals surface area contributed by atoms with Crippen molar-refractivity contribution in [3.8, 4) is 5.75 Å². The number of hydrogen-bond acceptors (Lipinski definition) is 3. The summed E-state index contributed by atoms with van der Waals surface area (Å²) in [5.74, 6) is 1.57. The molecular formula is C17H28FNO2. The van der Waals surface area contributed by atoms with Gasteiger partial charge in [-0.25, -0.2) is 4.39 Å². The van der Waals surface area contributed by atoms with Crippen molar-refractivity contribution in [1.82, 2.24) is 5.32 Å². The van der Waals surface area contributed by atoms with E-state index in [0.717, 1.165) is 24.5 Å². The zero-order valence-corrected chi connectivity index (χ0v) is 13.6. The van der Waals surface area contributed by atoms with E-state index in [9.17, 15) is 4.39 Å². The Morgan fingerprint density at radius 3 is 2.52 bits per heavy atom. The molecule has 0 fully saturated rings. The van der Waals surface area contributed by atoms with Gasteiger partial charge in [-0.3, -0.25) is 0 Å². The summed E-state index contributed by atoms with van der Waals surface area (Å²) in [6.07, 6.45) is 0. The smallest absolute Gasteiger partial charge is 0.124 e. The van der Waals surface area contributed by atoms with Crippen LogP contribution in [0, 0.1) is 17.7 Å². The maximum atomic E-state index is 13.4. The molecule has 4 heteroatoms. The van der Waals surface area contributed by atoms with Gasteiger partial charge in [0.2, 0.25) is 0 Å². The van der Waals surface area contributed by atoms with Crippen molar-refractivity contribution in [2.24, 2.45) is 11.8 Å². The molecule has 0 amide bonds. The lowest BCUT2D eigenvalue weighted by molar-refractivity contribution is 0.0816. The van der Waals surface area contributed by atoms with Gasteiger partial charge in [-0.1, -0.05) is 27.7 Å². The van der Waals surface area contributed by atoms with Gasteiger partial charge in [-0.15, -0.1) is 0 Å². The van der Waals surface area contributed by atoms with Crippen LogP contribution in [0.5, 0.6) is 5.75 Å². The van der Waals surface area contributed by atoms with Gasteiger partial charge in [0.1, 0.15) is 18.2 Å². The topological polar surface area (TPSA) is 30.5 Å². The van der Waals surface area contributed by atoms with Gasteiger partial charge in [-0.2, -0.15) is 0 Å². The van der Waals surface area contributed by atoms with Gasteiger partial charge >= 0.3 is 0 Å². The molecular weight excluding hydrogens is 269 g/mol. The van der Waals surface area contributed by atoms with E-state index in [1.165, 1.54) is 12.1 Å². The first-order valence-electron chi connectivity index (χ1n) is 7.68. The highest BCUT2D eigenvalue weighted by molar-refractivity contribution is 5.33. The van der Waals surface area contributed by atoms with E-state index >= 15 is 0 Å². The second-order valence-electron chi connectivity index (χ2n) is 6.09. The average Bonchev–Trinajstić information content (AvgIpc) is 2.39. The molecule has 0 aromatic heterocycles. The maximum absolute atomic E-state index is 13.4. The van der Waals surface area contributed by atoms with E-state index in [-0.39, 0.29) is 5.82 Å². The fraction of sp³-hybridized carbons (Fsp3) is 0.647. The summed E-state index contributed by atoms with van der Waals surface area (Å²) in [7, 11) is 0. The normalized spacial score (nSPS) is 11.4. The van der Waals surface area contributed by atoms with Crippen LogP contribution in [0.2, 0.25) is 0 Å². The Hall–Kier alpha value is -1.13. The third kappa shape index (κ3) is 8.02. The molecule has 0 unspecified atom stereocenters. The minimum atomic E-state index is -0.236. The van der Waals surface area contributed by atoms with Crippen molar-refractivity contribution >= 4 is 0 Å². The highest BCUT2D eigenvalue weighted by Crippen LogP contribution is 2.19. The standard InChI is InChI=1S/C17H28FNO2/c1-13(2)10-19-11-15-9-16(18)5-6-17(15)21-8-7-20-12-14(3)4/h5-6,9,13-14,19H,7-8,10-12H2,1-4H3. The molecule has 3 nitrogen and oxygen atoms in total. The van der Waals surface area contributed by atoms with Crippen LogP contribution in [0.3, 0.4) is 0 Å². The molecule has 21 heavy (non-hydrogen) atoms. The molecule has 0 aliphatic carbocycles. The molecule has 1 rings (SSSR count). The minimum Gasteiger partial charge on any atom is -0.491 e. The first-order valence-corrected chi connectivity index (χ1v) is 7.68. The fourth-order valence-electron chi connectivity index (χ4n) is 1.85. The third-order valence-corrected chi connectivity index (χ3v) is 2.83. The van der Waals surface area contributed by atoms with Crippen molar-refractivity contribution < 1.29 is 13.9 Å². The highest BCUT2D eigenvalue weighted by atomic mass is 19.1. The molecule has 0 aliphatic rings. The summed E-state index contributed by atoms with van der Waals surface area (Å²) >= 11 is 0. The lowest BCUT2D eigenvalue weighted by Gasteiger charge is -2.14. The maximum Gasteiger partial charge on any atom is 0.124 e. The molecule has 1 N–H and O–H groups in total. The quantitative estimate of drug-likeness (QED) is 0.669. The Labute approximate surface area is 127 Å². The Morgan fingerprint density at radius 2 is 1.86 bits per heavy atom. The van der Waals surface area contributed by atoms with Crippen LogP contribution in [0.1, 0.15) is 33.3 Å². The first-order chi connectivity index (χ1) is 9.99. The zero-order valence-electron chi connectivity index (χ0n) is 13.6. The van der Waals surface area contributed by atoms with Crippen molar-refractivity contribution in [2.75, 3.05) is 26.4 Å². The average molecular weight is 297 g/mol. The van der Waals surface area contributed by atoms with Gasteiger partial charge in [0.25, 0.3) is 0 Å². The second kappa shape index (κ2) is 9.74. The van der Waals surface area contributed by atoms with E-state index in [1.807, 2.05) is 0 Å². The Balaban J connectivity index is 2.44. The molecule has 0 bridgehead atoms. The largest absolute Gasteiger partial charge is 0.491 e. The number of ether oxygens (including phenoxy) is 2. The predicted molar refractivity (Wildman–Crippen MR) is 84.1 cm³/mol. The van der Waals surface area contributed by atoms with E-state index in [4.69, 9.17) is 9.47 Å². The van der Waals surface area contributed by atoms with Crippen LogP contribution in [-0.4, -0.2) is 26.4 Å². The molecule has 120 valence electrons. The molecule has 0 aliphatic heterocycles. The Kier molecular flexibility index (Phi) is 8.31. The minimum absolute atomic E-state index is 0.236. The molecule has 0 spiro atoms. The van der Waals surface area contributed by atoms with Crippen LogP contribution in [-0.2, 0) is 11.3 Å². The molecule has 0 saturated carbocycles. The number of nitrogens with one attached hydrogen (secondary N) is 1. The number of halogens is 1. The van der Waals surface area contributed by atoms with Gasteiger partial charge < -0.3 is 14.8 Å². The van der Waals surface area contributed by atoms with Gasteiger partial charge in [-0.05, 0) is 36.6 Å². The molecule has 1 aromatic rings. The molecule has 0 heterocycles. The lowest BCUT2D eigenvalue weighted by Crippen LogP contribution is -2.20. The summed E-state index contributed by atoms with van der Waals surface area (Å²) in [4.78, 5) is 0. The molecule has 0 atom stereocenters. The van der Waals surface area contributed by atoms with E-state index < -0.39 is 0 Å². The monoisotopic (exact) mass is 297 g/mol. The summed E-state index contributed by atoms with van der Waals surface area (Å²) < 4.78 is 24.5. The zero-order chi connectivity index (χ0) is 15.7.